The van der Waals surface area contributed by atoms with Crippen molar-refractivity contribution in [2.75, 3.05) is 61.8 Å². The van der Waals surface area contributed by atoms with E-state index in [1.54, 1.807) is 0 Å². The van der Waals surface area contributed by atoms with E-state index in [0.29, 0.717) is 5.69 Å². The Balaban J connectivity index is 1.83. The topological polar surface area (TPSA) is 35.7 Å². The van der Waals surface area contributed by atoms with Crippen LogP contribution in [-0.2, 0) is 0 Å². The second-order valence-electron chi connectivity index (χ2n) is 6.82. The fraction of sp³-hybridized carbons (Fsp3) is 0.647. The van der Waals surface area contributed by atoms with Crippen molar-refractivity contribution in [1.29, 1.82) is 0 Å². The van der Waals surface area contributed by atoms with Crippen molar-refractivity contribution in [2.45, 2.75) is 19.8 Å². The molecule has 1 aromatic carbocycles. The van der Waals surface area contributed by atoms with Gasteiger partial charge in [0.05, 0.1) is 17.1 Å². The van der Waals surface area contributed by atoms with Gasteiger partial charge in [-0.15, -0.1) is 0 Å². The maximum absolute atomic E-state index is 14.4. The lowest BCUT2D eigenvalue weighted by atomic mass is 9.98. The Morgan fingerprint density at radius 1 is 0.955 bits per heavy atom. The van der Waals surface area contributed by atoms with Gasteiger partial charge in [0, 0.05) is 45.3 Å². The minimum absolute atomic E-state index is 0.190. The summed E-state index contributed by atoms with van der Waals surface area (Å²) >= 11 is 0. The Kier molecular flexibility index (Phi) is 4.43. The minimum atomic E-state index is -0.190. The summed E-state index contributed by atoms with van der Waals surface area (Å²) in [6, 6.07) is 3.47. The highest BCUT2D eigenvalue weighted by Gasteiger charge is 2.22. The van der Waals surface area contributed by atoms with Gasteiger partial charge in [0.1, 0.15) is 5.82 Å². The summed E-state index contributed by atoms with van der Waals surface area (Å²) in [5.41, 5.74) is 8.35. The number of rotatable bonds is 2. The normalized spacial score (nSPS) is 21.4. The first kappa shape index (κ1) is 15.4. The van der Waals surface area contributed by atoms with Crippen molar-refractivity contribution in [3.05, 3.63) is 17.9 Å². The fourth-order valence-corrected chi connectivity index (χ4v) is 3.38. The van der Waals surface area contributed by atoms with Crippen molar-refractivity contribution in [3.63, 3.8) is 0 Å². The predicted molar refractivity (Wildman–Crippen MR) is 91.1 cm³/mol. The molecule has 4 nitrogen and oxygen atoms in total. The molecule has 122 valence electrons. The number of hydrogen-bond donors (Lipinski definition) is 1. The standard InChI is InChI=1S/C17H27FN4/c1-13-3-5-21(6-4-13)16-12-17(15(19)11-14(16)18)22-9-7-20(2)8-10-22/h11-13H,3-10,19H2,1-2H3. The summed E-state index contributed by atoms with van der Waals surface area (Å²) in [7, 11) is 2.13. The third-order valence-electron chi connectivity index (χ3n) is 5.06. The molecule has 0 amide bonds. The van der Waals surface area contributed by atoms with Gasteiger partial charge in [0.2, 0.25) is 0 Å². The Hall–Kier alpha value is -1.49. The Morgan fingerprint density at radius 3 is 2.18 bits per heavy atom. The maximum Gasteiger partial charge on any atom is 0.148 e. The summed E-state index contributed by atoms with van der Waals surface area (Å²) < 4.78 is 14.4. The molecule has 2 aliphatic heterocycles. The van der Waals surface area contributed by atoms with Crippen molar-refractivity contribution < 1.29 is 4.39 Å². The number of benzene rings is 1. The minimum Gasteiger partial charge on any atom is -0.397 e. The predicted octanol–water partition coefficient (Wildman–Crippen LogP) is 2.40. The molecule has 1 aromatic rings. The average molecular weight is 306 g/mol. The summed E-state index contributed by atoms with van der Waals surface area (Å²) in [6.07, 6.45) is 2.27. The molecule has 2 heterocycles. The summed E-state index contributed by atoms with van der Waals surface area (Å²) in [6.45, 7) is 8.08. The van der Waals surface area contributed by atoms with E-state index in [1.807, 2.05) is 6.07 Å². The van der Waals surface area contributed by atoms with Crippen LogP contribution >= 0.6 is 0 Å². The molecule has 0 atom stereocenters. The van der Waals surface area contributed by atoms with E-state index >= 15 is 0 Å². The monoisotopic (exact) mass is 306 g/mol. The van der Waals surface area contributed by atoms with Crippen LogP contribution in [0.3, 0.4) is 0 Å². The maximum atomic E-state index is 14.4. The van der Waals surface area contributed by atoms with E-state index in [9.17, 15) is 4.39 Å². The molecule has 0 aromatic heterocycles. The number of likely N-dealkylation sites (N-methyl/N-ethyl adjacent to an activating group) is 1. The van der Waals surface area contributed by atoms with E-state index in [1.165, 1.54) is 6.07 Å². The van der Waals surface area contributed by atoms with E-state index in [4.69, 9.17) is 5.73 Å². The van der Waals surface area contributed by atoms with Crippen molar-refractivity contribution in [2.24, 2.45) is 5.92 Å². The van der Waals surface area contributed by atoms with Gasteiger partial charge in [-0.25, -0.2) is 4.39 Å². The first-order chi connectivity index (χ1) is 10.5. The number of nitrogen functional groups attached to an aromatic ring is 1. The van der Waals surface area contributed by atoms with E-state index in [0.717, 1.165) is 69.4 Å². The molecular formula is C17H27FN4. The zero-order chi connectivity index (χ0) is 15.7. The van der Waals surface area contributed by atoms with Gasteiger partial charge in [0.25, 0.3) is 0 Å². The van der Waals surface area contributed by atoms with Crippen LogP contribution in [0.4, 0.5) is 21.5 Å². The molecule has 0 unspecified atom stereocenters. The summed E-state index contributed by atoms with van der Waals surface area (Å²) in [5.74, 6) is 0.551. The zero-order valence-electron chi connectivity index (χ0n) is 13.7. The molecule has 3 rings (SSSR count). The number of anilines is 3. The molecule has 0 spiro atoms. The van der Waals surface area contributed by atoms with Crippen LogP contribution in [-0.4, -0.2) is 51.2 Å². The van der Waals surface area contributed by atoms with Gasteiger partial charge in [-0.05, 0) is 31.9 Å². The highest BCUT2D eigenvalue weighted by atomic mass is 19.1. The molecule has 0 radical (unpaired) electrons. The highest BCUT2D eigenvalue weighted by molar-refractivity contribution is 5.74. The first-order valence-corrected chi connectivity index (χ1v) is 8.32. The van der Waals surface area contributed by atoms with E-state index in [2.05, 4.69) is 28.7 Å². The van der Waals surface area contributed by atoms with E-state index in [-0.39, 0.29) is 5.82 Å². The quantitative estimate of drug-likeness (QED) is 0.851. The lowest BCUT2D eigenvalue weighted by Crippen LogP contribution is -2.44. The molecule has 2 N–H and O–H groups in total. The smallest absolute Gasteiger partial charge is 0.148 e. The fourth-order valence-electron chi connectivity index (χ4n) is 3.38. The Morgan fingerprint density at radius 2 is 1.55 bits per heavy atom. The van der Waals surface area contributed by atoms with Gasteiger partial charge in [-0.3, -0.25) is 0 Å². The van der Waals surface area contributed by atoms with Crippen LogP contribution in [0.15, 0.2) is 12.1 Å². The highest BCUT2D eigenvalue weighted by Crippen LogP contribution is 2.34. The van der Waals surface area contributed by atoms with Gasteiger partial charge in [-0.2, -0.15) is 0 Å². The number of hydrogen-bond acceptors (Lipinski definition) is 4. The Bertz CT molecular complexity index is 474. The largest absolute Gasteiger partial charge is 0.397 e. The van der Waals surface area contributed by atoms with Crippen molar-refractivity contribution in [3.8, 4) is 0 Å². The van der Waals surface area contributed by atoms with E-state index < -0.39 is 0 Å². The zero-order valence-corrected chi connectivity index (χ0v) is 13.7. The molecule has 2 aliphatic rings. The van der Waals surface area contributed by atoms with Crippen LogP contribution in [0, 0.1) is 11.7 Å². The van der Waals surface area contributed by atoms with Crippen molar-refractivity contribution >= 4 is 17.1 Å². The first-order valence-electron chi connectivity index (χ1n) is 8.32. The van der Waals surface area contributed by atoms with Crippen LogP contribution in [0.1, 0.15) is 19.8 Å². The average Bonchev–Trinajstić information content (AvgIpc) is 2.50. The lowest BCUT2D eigenvalue weighted by molar-refractivity contribution is 0.313. The number of halogens is 1. The lowest BCUT2D eigenvalue weighted by Gasteiger charge is -2.36. The second kappa shape index (κ2) is 6.32. The van der Waals surface area contributed by atoms with Gasteiger partial charge in [0.15, 0.2) is 0 Å². The molecule has 2 fully saturated rings. The summed E-state index contributed by atoms with van der Waals surface area (Å²) in [4.78, 5) is 6.77. The summed E-state index contributed by atoms with van der Waals surface area (Å²) in [5, 5.41) is 0. The molecule has 0 bridgehead atoms. The van der Waals surface area contributed by atoms with Crippen molar-refractivity contribution in [1.82, 2.24) is 4.90 Å². The Labute approximate surface area is 132 Å². The molecular weight excluding hydrogens is 279 g/mol. The SMILES string of the molecule is CC1CCN(c2cc(N3CCN(C)CC3)c(N)cc2F)CC1. The third kappa shape index (κ3) is 3.14. The van der Waals surface area contributed by atoms with Crippen LogP contribution < -0.4 is 15.5 Å². The van der Waals surface area contributed by atoms with Crippen LogP contribution in [0.2, 0.25) is 0 Å². The molecule has 2 saturated heterocycles. The molecule has 22 heavy (non-hydrogen) atoms. The number of nitrogens with zero attached hydrogens (tertiary/aromatic N) is 3. The molecule has 0 saturated carbocycles. The molecule has 0 aliphatic carbocycles. The van der Waals surface area contributed by atoms with Gasteiger partial charge < -0.3 is 20.4 Å². The number of nitrogens with two attached hydrogens (primary N) is 1. The van der Waals surface area contributed by atoms with Gasteiger partial charge >= 0.3 is 0 Å². The number of piperazine rings is 1. The van der Waals surface area contributed by atoms with Crippen LogP contribution in [0.25, 0.3) is 0 Å². The van der Waals surface area contributed by atoms with Crippen LogP contribution in [0.5, 0.6) is 0 Å². The second-order valence-corrected chi connectivity index (χ2v) is 6.82. The van der Waals surface area contributed by atoms with Gasteiger partial charge in [-0.1, -0.05) is 6.92 Å². The third-order valence-corrected chi connectivity index (χ3v) is 5.06. The molecule has 5 heteroatoms. The number of piperidine rings is 1.